The van der Waals surface area contributed by atoms with Gasteiger partial charge in [-0.1, -0.05) is 0 Å². The summed E-state index contributed by atoms with van der Waals surface area (Å²) in [5.41, 5.74) is -0.354. The third-order valence-corrected chi connectivity index (χ3v) is 3.27. The number of rotatable bonds is 6. The van der Waals surface area contributed by atoms with Crippen LogP contribution in [0.25, 0.3) is 0 Å². The van der Waals surface area contributed by atoms with E-state index < -0.39 is 23.8 Å². The minimum atomic E-state index is -1.10. The van der Waals surface area contributed by atoms with Crippen LogP contribution in [0.3, 0.4) is 0 Å². The van der Waals surface area contributed by atoms with E-state index in [1.54, 1.807) is 7.05 Å². The van der Waals surface area contributed by atoms with E-state index in [-0.39, 0.29) is 31.0 Å². The Labute approximate surface area is 124 Å². The maximum absolute atomic E-state index is 12.0. The normalized spacial score (nSPS) is 20.5. The zero-order valence-electron chi connectivity index (χ0n) is 13.0. The number of nitrogens with zero attached hydrogens (tertiary/aromatic N) is 1. The molecule has 1 rings (SSSR count). The van der Waals surface area contributed by atoms with Crippen molar-refractivity contribution in [2.45, 2.75) is 45.3 Å². The standard InChI is InChI=1S/C14H24N2O5/c1-14(2,3)21-6-5-10(13(19)20)15-12(18)9-7-11(17)16(4)8-9/h9-10H,5-8H2,1-4H3,(H,15,18)(H,19,20). The summed E-state index contributed by atoms with van der Waals surface area (Å²) >= 11 is 0. The van der Waals surface area contributed by atoms with Crippen LogP contribution in [0, 0.1) is 5.92 Å². The number of carboxylic acid groups (broad SMARTS) is 1. The number of carbonyl (C=O) groups is 3. The maximum Gasteiger partial charge on any atom is 0.326 e. The quantitative estimate of drug-likeness (QED) is 0.732. The summed E-state index contributed by atoms with van der Waals surface area (Å²) in [5.74, 6) is -2.07. The molecule has 2 amide bonds. The Morgan fingerprint density at radius 1 is 1.48 bits per heavy atom. The monoisotopic (exact) mass is 300 g/mol. The van der Waals surface area contributed by atoms with Crippen molar-refractivity contribution in [2.75, 3.05) is 20.2 Å². The molecule has 1 aliphatic heterocycles. The number of carbonyl (C=O) groups excluding carboxylic acids is 2. The number of carboxylic acids is 1. The first kappa shape index (κ1) is 17.4. The second-order valence-corrected chi connectivity index (χ2v) is 6.32. The number of hydrogen-bond acceptors (Lipinski definition) is 4. The molecule has 0 aromatic heterocycles. The lowest BCUT2D eigenvalue weighted by Crippen LogP contribution is -2.45. The molecule has 2 N–H and O–H groups in total. The molecule has 7 heteroatoms. The van der Waals surface area contributed by atoms with Gasteiger partial charge in [0.15, 0.2) is 0 Å². The lowest BCUT2D eigenvalue weighted by Gasteiger charge is -2.22. The van der Waals surface area contributed by atoms with E-state index in [1.165, 1.54) is 4.90 Å². The molecule has 2 atom stereocenters. The average molecular weight is 300 g/mol. The number of aliphatic carboxylic acids is 1. The zero-order valence-corrected chi connectivity index (χ0v) is 13.0. The predicted octanol–water partition coefficient (Wildman–Crippen LogP) is 0.239. The molecule has 7 nitrogen and oxygen atoms in total. The lowest BCUT2D eigenvalue weighted by atomic mass is 10.1. The third-order valence-electron chi connectivity index (χ3n) is 3.27. The highest BCUT2D eigenvalue weighted by Crippen LogP contribution is 2.16. The van der Waals surface area contributed by atoms with Crippen molar-refractivity contribution in [1.29, 1.82) is 0 Å². The number of likely N-dealkylation sites (tertiary alicyclic amines) is 1. The highest BCUT2D eigenvalue weighted by molar-refractivity contribution is 5.91. The van der Waals surface area contributed by atoms with Gasteiger partial charge < -0.3 is 20.1 Å². The minimum Gasteiger partial charge on any atom is -0.480 e. The van der Waals surface area contributed by atoms with Crippen LogP contribution < -0.4 is 5.32 Å². The first-order valence-electron chi connectivity index (χ1n) is 7.01. The summed E-state index contributed by atoms with van der Waals surface area (Å²) in [6.07, 6.45) is 0.321. The van der Waals surface area contributed by atoms with Crippen molar-refractivity contribution in [3.8, 4) is 0 Å². The topological polar surface area (TPSA) is 95.9 Å². The van der Waals surface area contributed by atoms with Gasteiger partial charge in [-0.2, -0.15) is 0 Å². The van der Waals surface area contributed by atoms with E-state index in [9.17, 15) is 14.4 Å². The van der Waals surface area contributed by atoms with Crippen LogP contribution in [0.15, 0.2) is 0 Å². The van der Waals surface area contributed by atoms with Gasteiger partial charge >= 0.3 is 5.97 Å². The van der Waals surface area contributed by atoms with Crippen LogP contribution in [0.1, 0.15) is 33.6 Å². The summed E-state index contributed by atoms with van der Waals surface area (Å²) in [7, 11) is 1.63. The first-order chi connectivity index (χ1) is 9.60. The van der Waals surface area contributed by atoms with Crippen molar-refractivity contribution < 1.29 is 24.2 Å². The number of amides is 2. The van der Waals surface area contributed by atoms with Crippen LogP contribution in [0.2, 0.25) is 0 Å². The Morgan fingerprint density at radius 3 is 2.52 bits per heavy atom. The molecular weight excluding hydrogens is 276 g/mol. The van der Waals surface area contributed by atoms with Crippen LogP contribution in [0.5, 0.6) is 0 Å². The molecule has 0 aromatic rings. The fraction of sp³-hybridized carbons (Fsp3) is 0.786. The van der Waals surface area contributed by atoms with E-state index in [2.05, 4.69) is 5.32 Å². The summed E-state index contributed by atoms with van der Waals surface area (Å²) < 4.78 is 5.47. The second kappa shape index (κ2) is 6.89. The molecule has 0 radical (unpaired) electrons. The highest BCUT2D eigenvalue weighted by Gasteiger charge is 2.34. The molecule has 1 saturated heterocycles. The van der Waals surface area contributed by atoms with Crippen LogP contribution in [0.4, 0.5) is 0 Å². The maximum atomic E-state index is 12.0. The SMILES string of the molecule is CN1CC(C(=O)NC(CCOC(C)(C)C)C(=O)O)CC1=O. The Kier molecular flexibility index (Phi) is 5.71. The van der Waals surface area contributed by atoms with Crippen LogP contribution >= 0.6 is 0 Å². The molecule has 0 aliphatic carbocycles. The molecule has 0 aromatic carbocycles. The van der Waals surface area contributed by atoms with Crippen molar-refractivity contribution >= 4 is 17.8 Å². The Balaban J connectivity index is 2.49. The van der Waals surface area contributed by atoms with Gasteiger partial charge in [-0.05, 0) is 20.8 Å². The smallest absolute Gasteiger partial charge is 0.326 e. The molecule has 0 bridgehead atoms. The van der Waals surface area contributed by atoms with E-state index >= 15 is 0 Å². The van der Waals surface area contributed by atoms with E-state index in [1.807, 2.05) is 20.8 Å². The predicted molar refractivity (Wildman–Crippen MR) is 75.6 cm³/mol. The van der Waals surface area contributed by atoms with Crippen molar-refractivity contribution in [2.24, 2.45) is 5.92 Å². The molecular formula is C14H24N2O5. The van der Waals surface area contributed by atoms with Gasteiger partial charge in [0, 0.05) is 33.0 Å². The Hall–Kier alpha value is -1.63. The molecule has 1 aliphatic rings. The molecule has 2 unspecified atom stereocenters. The highest BCUT2D eigenvalue weighted by atomic mass is 16.5. The van der Waals surface area contributed by atoms with Gasteiger partial charge in [-0.15, -0.1) is 0 Å². The van der Waals surface area contributed by atoms with Gasteiger partial charge in [0.2, 0.25) is 11.8 Å². The number of hydrogen-bond donors (Lipinski definition) is 2. The van der Waals surface area contributed by atoms with Gasteiger partial charge in [0.1, 0.15) is 6.04 Å². The number of nitrogens with one attached hydrogen (secondary N) is 1. The molecule has 0 saturated carbocycles. The lowest BCUT2D eigenvalue weighted by molar-refractivity contribution is -0.143. The fourth-order valence-electron chi connectivity index (χ4n) is 2.07. The summed E-state index contributed by atoms with van der Waals surface area (Å²) in [4.78, 5) is 36.1. The average Bonchev–Trinajstić information content (AvgIpc) is 2.66. The van der Waals surface area contributed by atoms with Gasteiger partial charge in [-0.3, -0.25) is 9.59 Å². The summed E-state index contributed by atoms with van der Waals surface area (Å²) in [6.45, 7) is 6.20. The molecule has 1 heterocycles. The van der Waals surface area contributed by atoms with E-state index in [0.717, 1.165) is 0 Å². The van der Waals surface area contributed by atoms with Crippen molar-refractivity contribution in [1.82, 2.24) is 10.2 Å². The minimum absolute atomic E-state index is 0.0990. The summed E-state index contributed by atoms with van der Waals surface area (Å²) in [5, 5.41) is 11.6. The number of ether oxygens (including phenoxy) is 1. The van der Waals surface area contributed by atoms with E-state index in [0.29, 0.717) is 6.54 Å². The van der Waals surface area contributed by atoms with Crippen LogP contribution in [-0.2, 0) is 19.1 Å². The first-order valence-corrected chi connectivity index (χ1v) is 7.01. The van der Waals surface area contributed by atoms with Crippen molar-refractivity contribution in [3.05, 3.63) is 0 Å². The van der Waals surface area contributed by atoms with E-state index in [4.69, 9.17) is 9.84 Å². The fourth-order valence-corrected chi connectivity index (χ4v) is 2.07. The second-order valence-electron chi connectivity index (χ2n) is 6.32. The third kappa shape index (κ3) is 5.71. The summed E-state index contributed by atoms with van der Waals surface area (Å²) in [6, 6.07) is -0.999. The van der Waals surface area contributed by atoms with Gasteiger partial charge in [-0.25, -0.2) is 4.79 Å². The Bertz CT molecular complexity index is 416. The zero-order chi connectivity index (χ0) is 16.2. The van der Waals surface area contributed by atoms with Crippen molar-refractivity contribution in [3.63, 3.8) is 0 Å². The van der Waals surface area contributed by atoms with Gasteiger partial charge in [0.25, 0.3) is 0 Å². The molecule has 0 spiro atoms. The molecule has 120 valence electrons. The van der Waals surface area contributed by atoms with Crippen LogP contribution in [-0.4, -0.2) is 59.6 Å². The molecule has 21 heavy (non-hydrogen) atoms. The molecule has 1 fully saturated rings. The Morgan fingerprint density at radius 2 is 2.10 bits per heavy atom. The largest absolute Gasteiger partial charge is 0.480 e. The van der Waals surface area contributed by atoms with Gasteiger partial charge in [0.05, 0.1) is 11.5 Å².